The smallest absolute Gasteiger partial charge is 0.356 e. The molecule has 0 aromatic carbocycles. The van der Waals surface area contributed by atoms with Crippen molar-refractivity contribution in [2.24, 2.45) is 0 Å². The average Bonchev–Trinajstić information content (AvgIpc) is 2.13. The SMILES string of the molecule is CCOC(=O)c1cc(Br)c(N)c(C)n1. The summed E-state index contributed by atoms with van der Waals surface area (Å²) in [4.78, 5) is 15.3. The number of nitrogen functional groups attached to an aromatic ring is 1. The minimum absolute atomic E-state index is 0.269. The number of ether oxygens (including phenoxy) is 1. The molecule has 4 nitrogen and oxygen atoms in total. The van der Waals surface area contributed by atoms with Crippen LogP contribution in [0.15, 0.2) is 10.5 Å². The fourth-order valence-electron chi connectivity index (χ4n) is 0.953. The van der Waals surface area contributed by atoms with Crippen LogP contribution in [-0.2, 0) is 4.74 Å². The van der Waals surface area contributed by atoms with E-state index < -0.39 is 5.97 Å². The van der Waals surface area contributed by atoms with Crippen molar-refractivity contribution in [3.8, 4) is 0 Å². The van der Waals surface area contributed by atoms with Gasteiger partial charge in [-0.15, -0.1) is 0 Å². The molecule has 1 rings (SSSR count). The lowest BCUT2D eigenvalue weighted by Gasteiger charge is -2.05. The third kappa shape index (κ3) is 2.23. The first-order valence-corrected chi connectivity index (χ1v) is 4.95. The molecule has 0 bridgehead atoms. The molecule has 1 aromatic heterocycles. The number of nitrogens with two attached hydrogens (primary N) is 1. The lowest BCUT2D eigenvalue weighted by molar-refractivity contribution is 0.0519. The van der Waals surface area contributed by atoms with Crippen LogP contribution in [0, 0.1) is 6.92 Å². The summed E-state index contributed by atoms with van der Waals surface area (Å²) in [6.07, 6.45) is 0. The Morgan fingerprint density at radius 1 is 1.71 bits per heavy atom. The maximum Gasteiger partial charge on any atom is 0.356 e. The van der Waals surface area contributed by atoms with Crippen LogP contribution in [0.5, 0.6) is 0 Å². The summed E-state index contributed by atoms with van der Waals surface area (Å²) in [5.41, 5.74) is 7.09. The zero-order valence-electron chi connectivity index (χ0n) is 8.00. The average molecular weight is 259 g/mol. The van der Waals surface area contributed by atoms with E-state index in [-0.39, 0.29) is 5.69 Å². The van der Waals surface area contributed by atoms with E-state index in [1.54, 1.807) is 19.9 Å². The van der Waals surface area contributed by atoms with E-state index in [0.29, 0.717) is 22.5 Å². The molecule has 0 atom stereocenters. The highest BCUT2D eigenvalue weighted by Crippen LogP contribution is 2.22. The highest BCUT2D eigenvalue weighted by Gasteiger charge is 2.12. The lowest BCUT2D eigenvalue weighted by atomic mass is 10.3. The number of anilines is 1. The number of aromatic nitrogens is 1. The molecule has 1 heterocycles. The van der Waals surface area contributed by atoms with Crippen LogP contribution in [0.1, 0.15) is 23.1 Å². The minimum atomic E-state index is -0.434. The largest absolute Gasteiger partial charge is 0.461 e. The van der Waals surface area contributed by atoms with Crippen LogP contribution in [0.3, 0.4) is 0 Å². The number of halogens is 1. The van der Waals surface area contributed by atoms with Gasteiger partial charge in [-0.1, -0.05) is 0 Å². The number of hydrogen-bond donors (Lipinski definition) is 1. The zero-order chi connectivity index (χ0) is 10.7. The zero-order valence-corrected chi connectivity index (χ0v) is 9.59. The Balaban J connectivity index is 3.06. The van der Waals surface area contributed by atoms with Gasteiger partial charge in [0, 0.05) is 4.47 Å². The van der Waals surface area contributed by atoms with Gasteiger partial charge < -0.3 is 10.5 Å². The molecule has 0 saturated carbocycles. The van der Waals surface area contributed by atoms with E-state index in [4.69, 9.17) is 10.5 Å². The van der Waals surface area contributed by atoms with Gasteiger partial charge in [0.1, 0.15) is 5.69 Å². The number of carbonyl (C=O) groups excluding carboxylic acids is 1. The predicted octanol–water partition coefficient (Wildman–Crippen LogP) is 1.91. The first kappa shape index (κ1) is 11.0. The number of pyridine rings is 1. The van der Waals surface area contributed by atoms with E-state index in [9.17, 15) is 4.79 Å². The van der Waals surface area contributed by atoms with Crippen molar-refractivity contribution in [2.75, 3.05) is 12.3 Å². The molecule has 0 aliphatic heterocycles. The Morgan fingerprint density at radius 3 is 2.86 bits per heavy atom. The second kappa shape index (κ2) is 4.41. The molecule has 0 fully saturated rings. The van der Waals surface area contributed by atoms with Crippen molar-refractivity contribution < 1.29 is 9.53 Å². The third-order valence-electron chi connectivity index (χ3n) is 1.68. The van der Waals surface area contributed by atoms with E-state index in [0.717, 1.165) is 0 Å². The fraction of sp³-hybridized carbons (Fsp3) is 0.333. The van der Waals surface area contributed by atoms with Crippen LogP contribution >= 0.6 is 15.9 Å². The van der Waals surface area contributed by atoms with Gasteiger partial charge in [0.15, 0.2) is 0 Å². The number of nitrogens with zero attached hydrogens (tertiary/aromatic N) is 1. The van der Waals surface area contributed by atoms with Gasteiger partial charge in [0.2, 0.25) is 0 Å². The van der Waals surface area contributed by atoms with Gasteiger partial charge in [0.25, 0.3) is 0 Å². The monoisotopic (exact) mass is 258 g/mol. The van der Waals surface area contributed by atoms with Crippen molar-refractivity contribution >= 4 is 27.6 Å². The molecule has 0 aliphatic rings. The second-order valence-electron chi connectivity index (χ2n) is 2.71. The second-order valence-corrected chi connectivity index (χ2v) is 3.56. The molecule has 0 aliphatic carbocycles. The number of hydrogen-bond acceptors (Lipinski definition) is 4. The molecule has 14 heavy (non-hydrogen) atoms. The Hall–Kier alpha value is -1.10. The molecule has 0 spiro atoms. The molecule has 0 saturated heterocycles. The van der Waals surface area contributed by atoms with Gasteiger partial charge in [0.05, 0.1) is 18.0 Å². The van der Waals surface area contributed by atoms with Gasteiger partial charge >= 0.3 is 5.97 Å². The van der Waals surface area contributed by atoms with E-state index >= 15 is 0 Å². The first-order chi connectivity index (χ1) is 6.56. The van der Waals surface area contributed by atoms with Crippen molar-refractivity contribution in [1.82, 2.24) is 4.98 Å². The van der Waals surface area contributed by atoms with Gasteiger partial charge in [-0.25, -0.2) is 9.78 Å². The van der Waals surface area contributed by atoms with Crippen LogP contribution in [0.2, 0.25) is 0 Å². The van der Waals surface area contributed by atoms with Gasteiger partial charge in [-0.3, -0.25) is 0 Å². The molecule has 5 heteroatoms. The Kier molecular flexibility index (Phi) is 3.46. The number of esters is 1. The standard InChI is InChI=1S/C9H11BrN2O2/c1-3-14-9(13)7-4-6(10)8(11)5(2)12-7/h4H,3,11H2,1-2H3. The molecule has 2 N–H and O–H groups in total. The van der Waals surface area contributed by atoms with Crippen molar-refractivity contribution in [3.63, 3.8) is 0 Å². The molecule has 0 amide bonds. The molecular weight excluding hydrogens is 248 g/mol. The van der Waals surface area contributed by atoms with Crippen LogP contribution < -0.4 is 5.73 Å². The van der Waals surface area contributed by atoms with Crippen LogP contribution in [-0.4, -0.2) is 17.6 Å². The van der Waals surface area contributed by atoms with Gasteiger partial charge in [-0.05, 0) is 35.8 Å². The Bertz CT molecular complexity index is 343. The summed E-state index contributed by atoms with van der Waals surface area (Å²) in [5, 5.41) is 0. The minimum Gasteiger partial charge on any atom is -0.461 e. The highest BCUT2D eigenvalue weighted by atomic mass is 79.9. The molecule has 76 valence electrons. The van der Waals surface area contributed by atoms with Crippen LogP contribution in [0.25, 0.3) is 0 Å². The summed E-state index contributed by atoms with van der Waals surface area (Å²) < 4.78 is 5.47. The van der Waals surface area contributed by atoms with Gasteiger partial charge in [-0.2, -0.15) is 0 Å². The Morgan fingerprint density at radius 2 is 2.36 bits per heavy atom. The number of rotatable bonds is 2. The van der Waals surface area contributed by atoms with Crippen molar-refractivity contribution in [3.05, 3.63) is 21.9 Å². The number of aryl methyl sites for hydroxylation is 1. The highest BCUT2D eigenvalue weighted by molar-refractivity contribution is 9.10. The fourth-order valence-corrected chi connectivity index (χ4v) is 1.46. The lowest BCUT2D eigenvalue weighted by Crippen LogP contribution is -2.09. The molecule has 0 radical (unpaired) electrons. The summed E-state index contributed by atoms with van der Waals surface area (Å²) in [6, 6.07) is 1.56. The van der Waals surface area contributed by atoms with E-state index in [1.165, 1.54) is 0 Å². The quantitative estimate of drug-likeness (QED) is 0.824. The first-order valence-electron chi connectivity index (χ1n) is 4.16. The van der Waals surface area contributed by atoms with Crippen molar-refractivity contribution in [2.45, 2.75) is 13.8 Å². The predicted molar refractivity (Wildman–Crippen MR) is 57.0 cm³/mol. The number of carbonyl (C=O) groups is 1. The summed E-state index contributed by atoms with van der Waals surface area (Å²) in [6.45, 7) is 3.82. The molecular formula is C9H11BrN2O2. The topological polar surface area (TPSA) is 65.2 Å². The van der Waals surface area contributed by atoms with Crippen molar-refractivity contribution in [1.29, 1.82) is 0 Å². The van der Waals surface area contributed by atoms with E-state index in [1.807, 2.05) is 0 Å². The molecule has 0 unspecified atom stereocenters. The maximum atomic E-state index is 11.3. The third-order valence-corrected chi connectivity index (χ3v) is 2.34. The summed E-state index contributed by atoms with van der Waals surface area (Å²) in [5.74, 6) is -0.434. The van der Waals surface area contributed by atoms with E-state index in [2.05, 4.69) is 20.9 Å². The summed E-state index contributed by atoms with van der Waals surface area (Å²) in [7, 11) is 0. The van der Waals surface area contributed by atoms with Crippen LogP contribution in [0.4, 0.5) is 5.69 Å². The Labute approximate surface area is 90.6 Å². The summed E-state index contributed by atoms with van der Waals surface area (Å²) >= 11 is 3.24. The maximum absolute atomic E-state index is 11.3. The normalized spacial score (nSPS) is 9.93. The molecule has 1 aromatic rings.